The third-order valence-corrected chi connectivity index (χ3v) is 5.43. The Hall–Kier alpha value is -0.510. The fraction of sp³-hybridized carbons (Fsp3) is 0.333. The highest BCUT2D eigenvalue weighted by molar-refractivity contribution is 9.10. The van der Waals surface area contributed by atoms with Crippen molar-refractivity contribution in [3.05, 3.63) is 49.1 Å². The minimum Gasteiger partial charge on any atom is -0.378 e. The van der Waals surface area contributed by atoms with Gasteiger partial charge in [-0.25, -0.2) is 0 Å². The van der Waals surface area contributed by atoms with Crippen molar-refractivity contribution < 1.29 is 0 Å². The third-order valence-electron chi connectivity index (χ3n) is 3.60. The zero-order valence-corrected chi connectivity index (χ0v) is 13.8. The summed E-state index contributed by atoms with van der Waals surface area (Å²) in [5.41, 5.74) is 3.87. The molecule has 0 saturated carbocycles. The summed E-state index contributed by atoms with van der Waals surface area (Å²) in [4.78, 5) is 1.45. The quantitative estimate of drug-likeness (QED) is 0.699. The molecule has 1 unspecified atom stereocenters. The lowest BCUT2D eigenvalue weighted by Crippen LogP contribution is -2.16. The molecule has 100 valence electrons. The van der Waals surface area contributed by atoms with Crippen LogP contribution in [0.2, 0.25) is 4.34 Å². The van der Waals surface area contributed by atoms with E-state index in [0.29, 0.717) is 6.04 Å². The second-order valence-electron chi connectivity index (χ2n) is 4.98. The zero-order valence-electron chi connectivity index (χ0n) is 10.7. The van der Waals surface area contributed by atoms with Crippen molar-refractivity contribution in [2.75, 3.05) is 5.32 Å². The molecule has 19 heavy (non-hydrogen) atoms. The molecule has 2 aromatic rings. The van der Waals surface area contributed by atoms with E-state index in [9.17, 15) is 0 Å². The Balaban J connectivity index is 1.88. The first-order valence-corrected chi connectivity index (χ1v) is 8.43. The summed E-state index contributed by atoms with van der Waals surface area (Å²) in [5.74, 6) is 0. The Morgan fingerprint density at radius 1 is 1.37 bits per heavy atom. The lowest BCUT2D eigenvalue weighted by molar-refractivity contribution is 0.608. The summed E-state index contributed by atoms with van der Waals surface area (Å²) in [6, 6.07) is 8.90. The van der Waals surface area contributed by atoms with Gasteiger partial charge in [-0.1, -0.05) is 27.5 Å². The van der Waals surface area contributed by atoms with Crippen molar-refractivity contribution >= 4 is 44.6 Å². The molecule has 1 N–H and O–H groups in total. The van der Waals surface area contributed by atoms with Crippen molar-refractivity contribution in [1.82, 2.24) is 0 Å². The molecule has 1 nitrogen and oxygen atoms in total. The SMILES string of the molecule is Cc1cc(Br)ccc1NC1CCCc2sc(Cl)cc21. The monoisotopic (exact) mass is 355 g/mol. The van der Waals surface area contributed by atoms with Gasteiger partial charge in [0.1, 0.15) is 0 Å². The topological polar surface area (TPSA) is 12.0 Å². The molecule has 0 radical (unpaired) electrons. The summed E-state index contributed by atoms with van der Waals surface area (Å²) >= 11 is 11.4. The molecule has 0 saturated heterocycles. The maximum absolute atomic E-state index is 6.16. The Morgan fingerprint density at radius 3 is 3.00 bits per heavy atom. The smallest absolute Gasteiger partial charge is 0.0934 e. The van der Waals surface area contributed by atoms with Crippen molar-refractivity contribution in [1.29, 1.82) is 0 Å². The van der Waals surface area contributed by atoms with E-state index in [1.54, 1.807) is 11.3 Å². The number of thiophene rings is 1. The van der Waals surface area contributed by atoms with Crippen LogP contribution in [0.1, 0.15) is 34.9 Å². The van der Waals surface area contributed by atoms with Gasteiger partial charge >= 0.3 is 0 Å². The van der Waals surface area contributed by atoms with Crippen LogP contribution in [0.15, 0.2) is 28.7 Å². The summed E-state index contributed by atoms with van der Waals surface area (Å²) in [5, 5.41) is 3.67. The number of fused-ring (bicyclic) bond motifs is 1. The first-order valence-electron chi connectivity index (χ1n) is 6.44. The van der Waals surface area contributed by atoms with Gasteiger partial charge < -0.3 is 5.32 Å². The highest BCUT2D eigenvalue weighted by Crippen LogP contribution is 2.39. The number of anilines is 1. The Morgan fingerprint density at radius 2 is 2.21 bits per heavy atom. The summed E-state index contributed by atoms with van der Waals surface area (Å²) in [6.07, 6.45) is 3.58. The summed E-state index contributed by atoms with van der Waals surface area (Å²) < 4.78 is 2.03. The van der Waals surface area contributed by atoms with Crippen LogP contribution in [0.3, 0.4) is 0 Å². The van der Waals surface area contributed by atoms with Crippen LogP contribution < -0.4 is 5.32 Å². The lowest BCUT2D eigenvalue weighted by atomic mass is 9.93. The Bertz CT molecular complexity index is 608. The number of rotatable bonds is 2. The van der Waals surface area contributed by atoms with Crippen molar-refractivity contribution in [3.8, 4) is 0 Å². The largest absolute Gasteiger partial charge is 0.378 e. The highest BCUT2D eigenvalue weighted by atomic mass is 79.9. The predicted molar refractivity (Wildman–Crippen MR) is 87.5 cm³/mol. The van der Waals surface area contributed by atoms with E-state index in [4.69, 9.17) is 11.6 Å². The van der Waals surface area contributed by atoms with Crippen LogP contribution in [0, 0.1) is 6.92 Å². The molecule has 1 heterocycles. The van der Waals surface area contributed by atoms with Gasteiger partial charge in [0.05, 0.1) is 10.4 Å². The Kier molecular flexibility index (Phi) is 3.88. The minimum absolute atomic E-state index is 0.396. The van der Waals surface area contributed by atoms with Crippen molar-refractivity contribution in [2.45, 2.75) is 32.2 Å². The zero-order chi connectivity index (χ0) is 13.4. The average molecular weight is 357 g/mol. The molecular weight excluding hydrogens is 342 g/mol. The third kappa shape index (κ3) is 2.83. The van der Waals surface area contributed by atoms with Crippen LogP contribution >= 0.6 is 38.9 Å². The molecule has 0 spiro atoms. The predicted octanol–water partition coefficient (Wildman–Crippen LogP) is 5.96. The van der Waals surface area contributed by atoms with Crippen molar-refractivity contribution in [3.63, 3.8) is 0 Å². The van der Waals surface area contributed by atoms with Gasteiger partial charge in [0.25, 0.3) is 0 Å². The van der Waals surface area contributed by atoms with Crippen LogP contribution in [0.5, 0.6) is 0 Å². The second kappa shape index (κ2) is 5.47. The standard InChI is InChI=1S/C15H15BrClNS/c1-9-7-10(16)5-6-12(9)18-13-3-2-4-14-11(13)8-15(17)19-14/h5-8,13,18H,2-4H2,1H3. The lowest BCUT2D eigenvalue weighted by Gasteiger charge is -2.25. The van der Waals surface area contributed by atoms with Gasteiger partial charge in [-0.05, 0) is 61.6 Å². The number of halogens is 2. The highest BCUT2D eigenvalue weighted by Gasteiger charge is 2.22. The number of hydrogen-bond donors (Lipinski definition) is 1. The summed E-state index contributed by atoms with van der Waals surface area (Å²) in [7, 11) is 0. The van der Waals surface area contributed by atoms with E-state index in [2.05, 4.69) is 52.4 Å². The molecule has 0 bridgehead atoms. The van der Waals surface area contributed by atoms with Gasteiger partial charge in [0, 0.05) is 15.0 Å². The molecule has 1 aliphatic carbocycles. The molecule has 3 rings (SSSR count). The number of benzene rings is 1. The Labute approximate surface area is 131 Å². The molecule has 4 heteroatoms. The van der Waals surface area contributed by atoms with Gasteiger partial charge in [0.2, 0.25) is 0 Å². The van der Waals surface area contributed by atoms with Gasteiger partial charge in [-0.2, -0.15) is 0 Å². The van der Waals surface area contributed by atoms with Gasteiger partial charge in [-0.3, -0.25) is 0 Å². The molecule has 1 aromatic heterocycles. The van der Waals surface area contributed by atoms with E-state index in [0.717, 1.165) is 8.81 Å². The molecular formula is C15H15BrClNS. The first-order chi connectivity index (χ1) is 9.13. The van der Waals surface area contributed by atoms with Crippen LogP contribution in [-0.2, 0) is 6.42 Å². The van der Waals surface area contributed by atoms with E-state index < -0.39 is 0 Å². The molecule has 1 atom stereocenters. The fourth-order valence-corrected chi connectivity index (χ4v) is 4.51. The molecule has 1 aromatic carbocycles. The van der Waals surface area contributed by atoms with Crippen LogP contribution in [0.25, 0.3) is 0 Å². The molecule has 1 aliphatic rings. The van der Waals surface area contributed by atoms with E-state index in [1.165, 1.54) is 41.0 Å². The van der Waals surface area contributed by atoms with E-state index >= 15 is 0 Å². The van der Waals surface area contributed by atoms with E-state index in [1.807, 2.05) is 0 Å². The fourth-order valence-electron chi connectivity index (χ4n) is 2.65. The first kappa shape index (κ1) is 13.5. The maximum Gasteiger partial charge on any atom is 0.0934 e. The van der Waals surface area contributed by atoms with E-state index in [-0.39, 0.29) is 0 Å². The van der Waals surface area contributed by atoms with Gasteiger partial charge in [0.15, 0.2) is 0 Å². The van der Waals surface area contributed by atoms with Crippen LogP contribution in [-0.4, -0.2) is 0 Å². The minimum atomic E-state index is 0.396. The number of aryl methyl sites for hydroxylation is 2. The second-order valence-corrected chi connectivity index (χ2v) is 7.66. The summed E-state index contributed by atoms with van der Waals surface area (Å²) in [6.45, 7) is 2.14. The van der Waals surface area contributed by atoms with Crippen molar-refractivity contribution in [2.24, 2.45) is 0 Å². The maximum atomic E-state index is 6.16. The number of hydrogen-bond acceptors (Lipinski definition) is 2. The van der Waals surface area contributed by atoms with Gasteiger partial charge in [-0.15, -0.1) is 11.3 Å². The molecule has 0 aliphatic heterocycles. The number of nitrogens with one attached hydrogen (secondary N) is 1. The molecule has 0 fully saturated rings. The van der Waals surface area contributed by atoms with Crippen LogP contribution in [0.4, 0.5) is 5.69 Å². The normalized spacial score (nSPS) is 18.2. The average Bonchev–Trinajstić information content (AvgIpc) is 2.74. The molecule has 0 amide bonds.